The first-order chi connectivity index (χ1) is 12.1. The van der Waals surface area contributed by atoms with E-state index in [9.17, 15) is 4.79 Å². The summed E-state index contributed by atoms with van der Waals surface area (Å²) in [5, 5.41) is 0. The molecule has 2 heterocycles. The van der Waals surface area contributed by atoms with Crippen molar-refractivity contribution in [1.82, 2.24) is 9.80 Å². The second-order valence-corrected chi connectivity index (χ2v) is 6.70. The molecular weight excluding hydrogens is 320 g/mol. The van der Waals surface area contributed by atoms with Gasteiger partial charge in [-0.1, -0.05) is 6.07 Å². The minimum Gasteiger partial charge on any atom is -0.496 e. The monoisotopic (exact) mass is 348 g/mol. The van der Waals surface area contributed by atoms with Gasteiger partial charge in [-0.05, 0) is 37.5 Å². The Morgan fingerprint density at radius 3 is 2.72 bits per heavy atom. The molecule has 1 unspecified atom stereocenters. The molecule has 0 N–H and O–H groups in total. The van der Waals surface area contributed by atoms with Crippen LogP contribution in [-0.4, -0.2) is 62.0 Å². The highest BCUT2D eigenvalue weighted by Crippen LogP contribution is 2.31. The van der Waals surface area contributed by atoms with Crippen LogP contribution in [0.1, 0.15) is 30.5 Å². The Kier molecular flexibility index (Phi) is 5.81. The van der Waals surface area contributed by atoms with Crippen molar-refractivity contribution in [3.05, 3.63) is 28.8 Å². The van der Waals surface area contributed by atoms with Crippen molar-refractivity contribution in [3.63, 3.8) is 0 Å². The summed E-state index contributed by atoms with van der Waals surface area (Å²) in [6, 6.07) is 4.47. The lowest BCUT2D eigenvalue weighted by molar-refractivity contribution is 0.0338. The van der Waals surface area contributed by atoms with Gasteiger partial charge in [-0.2, -0.15) is 0 Å². The SMILES string of the molecule is CCOC(=O)N1Cc2cc(OC)c(CN3CCOCC3)cc2CC1C. The minimum absolute atomic E-state index is 0.135. The largest absolute Gasteiger partial charge is 0.496 e. The van der Waals surface area contributed by atoms with Crippen molar-refractivity contribution >= 4 is 6.09 Å². The van der Waals surface area contributed by atoms with E-state index in [1.807, 2.05) is 6.92 Å². The number of carbonyl (C=O) groups excluding carboxylic acids is 1. The highest BCUT2D eigenvalue weighted by molar-refractivity contribution is 5.68. The van der Waals surface area contributed by atoms with Gasteiger partial charge in [0, 0.05) is 37.8 Å². The smallest absolute Gasteiger partial charge is 0.410 e. The third-order valence-corrected chi connectivity index (χ3v) is 4.99. The summed E-state index contributed by atoms with van der Waals surface area (Å²) in [5.41, 5.74) is 3.66. The number of rotatable bonds is 4. The van der Waals surface area contributed by atoms with Crippen LogP contribution in [0.2, 0.25) is 0 Å². The van der Waals surface area contributed by atoms with Gasteiger partial charge in [0.15, 0.2) is 0 Å². The molecule has 1 aromatic rings. The summed E-state index contributed by atoms with van der Waals surface area (Å²) in [7, 11) is 1.71. The van der Waals surface area contributed by atoms with Gasteiger partial charge in [0.1, 0.15) is 5.75 Å². The molecule has 0 saturated carbocycles. The van der Waals surface area contributed by atoms with Crippen LogP contribution < -0.4 is 4.74 Å². The number of hydrogen-bond donors (Lipinski definition) is 0. The summed E-state index contributed by atoms with van der Waals surface area (Å²) in [4.78, 5) is 16.3. The summed E-state index contributed by atoms with van der Waals surface area (Å²) >= 11 is 0. The van der Waals surface area contributed by atoms with Crippen LogP contribution in [0.25, 0.3) is 0 Å². The highest BCUT2D eigenvalue weighted by Gasteiger charge is 2.29. The molecule has 6 heteroatoms. The number of hydrogen-bond acceptors (Lipinski definition) is 5. The van der Waals surface area contributed by atoms with Gasteiger partial charge in [-0.25, -0.2) is 4.79 Å². The Bertz CT molecular complexity index is 614. The molecule has 2 aliphatic rings. The first-order valence-electron chi connectivity index (χ1n) is 9.04. The van der Waals surface area contributed by atoms with Crippen molar-refractivity contribution in [2.75, 3.05) is 40.0 Å². The zero-order valence-electron chi connectivity index (χ0n) is 15.4. The summed E-state index contributed by atoms with van der Waals surface area (Å²) < 4.78 is 16.2. The fourth-order valence-electron chi connectivity index (χ4n) is 3.59. The molecule has 0 bridgehead atoms. The van der Waals surface area contributed by atoms with Crippen molar-refractivity contribution in [2.24, 2.45) is 0 Å². The van der Waals surface area contributed by atoms with E-state index in [4.69, 9.17) is 14.2 Å². The standard InChI is InChI=1S/C19H28N2O4/c1-4-25-19(22)21-13-16-11-18(23-3)17(10-15(16)9-14(21)2)12-20-5-7-24-8-6-20/h10-11,14H,4-9,12-13H2,1-3H3. The van der Waals surface area contributed by atoms with Gasteiger partial charge in [-0.15, -0.1) is 0 Å². The number of morpholine rings is 1. The first-order valence-corrected chi connectivity index (χ1v) is 9.04. The topological polar surface area (TPSA) is 51.2 Å². The first kappa shape index (κ1) is 18.0. The predicted molar refractivity (Wildman–Crippen MR) is 94.8 cm³/mol. The normalized spacial score (nSPS) is 20.9. The fraction of sp³-hybridized carbons (Fsp3) is 0.632. The second kappa shape index (κ2) is 8.06. The van der Waals surface area contributed by atoms with Crippen LogP contribution in [0.15, 0.2) is 12.1 Å². The van der Waals surface area contributed by atoms with Crippen LogP contribution >= 0.6 is 0 Å². The van der Waals surface area contributed by atoms with Crippen molar-refractivity contribution < 1.29 is 19.0 Å². The van der Waals surface area contributed by atoms with Crippen LogP contribution in [0.5, 0.6) is 5.75 Å². The molecule has 3 rings (SSSR count). The van der Waals surface area contributed by atoms with E-state index in [0.717, 1.165) is 50.6 Å². The molecule has 0 radical (unpaired) electrons. The van der Waals surface area contributed by atoms with Crippen LogP contribution in [0.3, 0.4) is 0 Å². The van der Waals surface area contributed by atoms with Gasteiger partial charge in [-0.3, -0.25) is 4.90 Å². The molecular formula is C19H28N2O4. The Hall–Kier alpha value is -1.79. The number of nitrogens with zero attached hydrogens (tertiary/aromatic N) is 2. The molecule has 1 atom stereocenters. The Labute approximate surface area is 149 Å². The van der Waals surface area contributed by atoms with E-state index in [1.165, 1.54) is 11.1 Å². The predicted octanol–water partition coefficient (Wildman–Crippen LogP) is 2.43. The average molecular weight is 348 g/mol. The number of ether oxygens (including phenoxy) is 3. The molecule has 6 nitrogen and oxygen atoms in total. The minimum atomic E-state index is -0.239. The van der Waals surface area contributed by atoms with E-state index in [-0.39, 0.29) is 12.1 Å². The lowest BCUT2D eigenvalue weighted by atomic mass is 9.92. The van der Waals surface area contributed by atoms with E-state index >= 15 is 0 Å². The zero-order valence-corrected chi connectivity index (χ0v) is 15.4. The lowest BCUT2D eigenvalue weighted by Crippen LogP contribution is -2.43. The molecule has 0 aromatic heterocycles. The van der Waals surface area contributed by atoms with Gasteiger partial charge in [0.05, 0.1) is 26.9 Å². The molecule has 138 valence electrons. The summed E-state index contributed by atoms with van der Waals surface area (Å²) in [6.07, 6.45) is 0.603. The molecule has 1 amide bonds. The van der Waals surface area contributed by atoms with Crippen LogP contribution in [0, 0.1) is 0 Å². The number of methoxy groups -OCH3 is 1. The second-order valence-electron chi connectivity index (χ2n) is 6.70. The maximum atomic E-state index is 12.2. The van der Waals surface area contributed by atoms with E-state index in [0.29, 0.717) is 13.2 Å². The zero-order chi connectivity index (χ0) is 17.8. The number of amides is 1. The van der Waals surface area contributed by atoms with Gasteiger partial charge < -0.3 is 19.1 Å². The quantitative estimate of drug-likeness (QED) is 0.836. The molecule has 1 fully saturated rings. The van der Waals surface area contributed by atoms with Crippen molar-refractivity contribution in [1.29, 1.82) is 0 Å². The molecule has 25 heavy (non-hydrogen) atoms. The number of carbonyl (C=O) groups is 1. The Morgan fingerprint density at radius 2 is 2.04 bits per heavy atom. The lowest BCUT2D eigenvalue weighted by Gasteiger charge is -2.35. The van der Waals surface area contributed by atoms with Crippen molar-refractivity contribution in [3.8, 4) is 5.75 Å². The molecule has 1 aromatic carbocycles. The fourth-order valence-corrected chi connectivity index (χ4v) is 3.59. The summed E-state index contributed by atoms with van der Waals surface area (Å²) in [6.45, 7) is 9.24. The molecule has 0 aliphatic carbocycles. The molecule has 0 spiro atoms. The number of benzene rings is 1. The average Bonchev–Trinajstić information content (AvgIpc) is 2.61. The van der Waals surface area contributed by atoms with Crippen LogP contribution in [-0.2, 0) is 29.0 Å². The van der Waals surface area contributed by atoms with E-state index < -0.39 is 0 Å². The van der Waals surface area contributed by atoms with Gasteiger partial charge >= 0.3 is 6.09 Å². The van der Waals surface area contributed by atoms with Gasteiger partial charge in [0.25, 0.3) is 0 Å². The maximum Gasteiger partial charge on any atom is 0.410 e. The van der Waals surface area contributed by atoms with Crippen molar-refractivity contribution in [2.45, 2.75) is 39.4 Å². The third kappa shape index (κ3) is 4.07. The van der Waals surface area contributed by atoms with Crippen LogP contribution in [0.4, 0.5) is 4.79 Å². The molecule has 1 saturated heterocycles. The Morgan fingerprint density at radius 1 is 1.28 bits per heavy atom. The van der Waals surface area contributed by atoms with Gasteiger partial charge in [0.2, 0.25) is 0 Å². The highest BCUT2D eigenvalue weighted by atomic mass is 16.6. The van der Waals surface area contributed by atoms with E-state index in [2.05, 4.69) is 24.0 Å². The summed E-state index contributed by atoms with van der Waals surface area (Å²) in [5.74, 6) is 0.892. The third-order valence-electron chi connectivity index (χ3n) is 4.99. The molecule has 2 aliphatic heterocycles. The Balaban J connectivity index is 1.81. The maximum absolute atomic E-state index is 12.2. The number of fused-ring (bicyclic) bond motifs is 1. The van der Waals surface area contributed by atoms with E-state index in [1.54, 1.807) is 12.0 Å².